The van der Waals surface area contributed by atoms with Crippen molar-refractivity contribution in [2.24, 2.45) is 5.73 Å². The zero-order valence-corrected chi connectivity index (χ0v) is 7.57. The second-order valence-corrected chi connectivity index (χ2v) is 2.56. The molecule has 72 valence electrons. The van der Waals surface area contributed by atoms with Crippen LogP contribution in [0.15, 0.2) is 24.5 Å². The van der Waals surface area contributed by atoms with E-state index in [-0.39, 0.29) is 0 Å². The lowest BCUT2D eigenvalue weighted by Crippen LogP contribution is -2.14. The van der Waals surface area contributed by atoms with Crippen molar-refractivity contribution < 1.29 is 4.74 Å². The average Bonchev–Trinajstić information content (AvgIpc) is 2.19. The normalized spacial score (nSPS) is 9.92. The van der Waals surface area contributed by atoms with Gasteiger partial charge in [0.2, 0.25) is 0 Å². The molecule has 0 spiro atoms. The van der Waals surface area contributed by atoms with Crippen LogP contribution in [0, 0.1) is 0 Å². The van der Waals surface area contributed by atoms with Crippen molar-refractivity contribution in [3.8, 4) is 0 Å². The molecule has 1 aromatic rings. The van der Waals surface area contributed by atoms with Crippen molar-refractivity contribution in [3.63, 3.8) is 0 Å². The highest BCUT2D eigenvalue weighted by Crippen LogP contribution is 2.01. The Hall–Kier alpha value is -1.13. The molecule has 0 aromatic carbocycles. The van der Waals surface area contributed by atoms with Crippen LogP contribution in [-0.4, -0.2) is 31.3 Å². The fraction of sp³-hybridized carbons (Fsp3) is 0.444. The van der Waals surface area contributed by atoms with Crippen molar-refractivity contribution in [1.29, 1.82) is 0 Å². The molecular weight excluding hydrogens is 166 g/mol. The van der Waals surface area contributed by atoms with Gasteiger partial charge in [-0.2, -0.15) is 0 Å². The fourth-order valence-corrected chi connectivity index (χ4v) is 0.923. The highest BCUT2D eigenvalue weighted by atomic mass is 16.5. The third-order valence-corrected chi connectivity index (χ3v) is 1.52. The lowest BCUT2D eigenvalue weighted by atomic mass is 10.4. The van der Waals surface area contributed by atoms with Crippen molar-refractivity contribution >= 4 is 5.69 Å². The summed E-state index contributed by atoms with van der Waals surface area (Å²) in [4.78, 5) is 3.92. The Morgan fingerprint density at radius 3 is 2.77 bits per heavy atom. The van der Waals surface area contributed by atoms with Crippen LogP contribution in [0.1, 0.15) is 0 Å². The Balaban J connectivity index is 2.07. The number of rotatable bonds is 6. The van der Waals surface area contributed by atoms with Crippen LogP contribution in [0.5, 0.6) is 0 Å². The van der Waals surface area contributed by atoms with Gasteiger partial charge >= 0.3 is 0 Å². The minimum absolute atomic E-state index is 0.579. The Morgan fingerprint density at radius 1 is 1.31 bits per heavy atom. The van der Waals surface area contributed by atoms with E-state index in [1.165, 1.54) is 0 Å². The molecule has 0 aliphatic heterocycles. The number of hydrogen-bond acceptors (Lipinski definition) is 4. The van der Waals surface area contributed by atoms with Crippen LogP contribution in [0.3, 0.4) is 0 Å². The van der Waals surface area contributed by atoms with Gasteiger partial charge in [0.05, 0.1) is 13.2 Å². The fourth-order valence-electron chi connectivity index (χ4n) is 0.923. The molecule has 13 heavy (non-hydrogen) atoms. The maximum absolute atomic E-state index is 5.27. The summed E-state index contributed by atoms with van der Waals surface area (Å²) in [6, 6.07) is 3.84. The second-order valence-electron chi connectivity index (χ2n) is 2.56. The van der Waals surface area contributed by atoms with E-state index in [1.54, 1.807) is 12.4 Å². The summed E-state index contributed by atoms with van der Waals surface area (Å²) in [5, 5.41) is 3.20. The van der Waals surface area contributed by atoms with Crippen LogP contribution >= 0.6 is 0 Å². The zero-order chi connectivity index (χ0) is 9.36. The molecule has 1 aromatic heterocycles. The summed E-state index contributed by atoms with van der Waals surface area (Å²) in [6.45, 7) is 2.68. The van der Waals surface area contributed by atoms with E-state index in [2.05, 4.69) is 10.3 Å². The highest BCUT2D eigenvalue weighted by Gasteiger charge is 1.89. The first kappa shape index (κ1) is 9.95. The maximum Gasteiger partial charge on any atom is 0.0639 e. The standard InChI is InChI=1S/C9H15N3O/c10-3-7-13-8-6-12-9-1-4-11-5-2-9/h1-2,4-5H,3,6-8,10H2,(H,11,12). The number of aromatic nitrogens is 1. The van der Waals surface area contributed by atoms with Crippen LogP contribution in [0.4, 0.5) is 5.69 Å². The minimum Gasteiger partial charge on any atom is -0.383 e. The largest absolute Gasteiger partial charge is 0.383 e. The number of pyridine rings is 1. The molecule has 4 nitrogen and oxygen atoms in total. The van der Waals surface area contributed by atoms with Crippen LogP contribution < -0.4 is 11.1 Å². The number of hydrogen-bond donors (Lipinski definition) is 2. The van der Waals surface area contributed by atoms with Gasteiger partial charge in [-0.05, 0) is 12.1 Å². The SMILES string of the molecule is NCCOCCNc1ccncc1. The van der Waals surface area contributed by atoms with Gasteiger partial charge in [0.15, 0.2) is 0 Å². The lowest BCUT2D eigenvalue weighted by molar-refractivity contribution is 0.151. The minimum atomic E-state index is 0.579. The van der Waals surface area contributed by atoms with E-state index >= 15 is 0 Å². The Labute approximate surface area is 78.1 Å². The molecule has 0 atom stereocenters. The monoisotopic (exact) mass is 181 g/mol. The van der Waals surface area contributed by atoms with Gasteiger partial charge in [0.1, 0.15) is 0 Å². The Morgan fingerprint density at radius 2 is 2.08 bits per heavy atom. The van der Waals surface area contributed by atoms with E-state index in [1.807, 2.05) is 12.1 Å². The van der Waals surface area contributed by atoms with Crippen molar-refractivity contribution in [2.45, 2.75) is 0 Å². The Bertz CT molecular complexity index is 215. The molecule has 0 unspecified atom stereocenters. The van der Waals surface area contributed by atoms with Crippen molar-refractivity contribution in [2.75, 3.05) is 31.6 Å². The van der Waals surface area contributed by atoms with Crippen LogP contribution in [0.25, 0.3) is 0 Å². The average molecular weight is 181 g/mol. The highest BCUT2D eigenvalue weighted by molar-refractivity contribution is 5.40. The predicted octanol–water partition coefficient (Wildman–Crippen LogP) is 0.469. The number of nitrogens with one attached hydrogen (secondary N) is 1. The molecule has 0 aliphatic rings. The van der Waals surface area contributed by atoms with Gasteiger partial charge in [-0.1, -0.05) is 0 Å². The molecule has 4 heteroatoms. The molecule has 1 rings (SSSR count). The molecule has 0 fully saturated rings. The first-order chi connectivity index (χ1) is 6.43. The third kappa shape index (κ3) is 4.45. The zero-order valence-electron chi connectivity index (χ0n) is 7.57. The van der Waals surface area contributed by atoms with E-state index in [4.69, 9.17) is 10.5 Å². The summed E-state index contributed by atoms with van der Waals surface area (Å²) in [7, 11) is 0. The quantitative estimate of drug-likeness (QED) is 0.626. The van der Waals surface area contributed by atoms with Gasteiger partial charge in [0, 0.05) is 31.2 Å². The maximum atomic E-state index is 5.27. The molecule has 0 bridgehead atoms. The van der Waals surface area contributed by atoms with Gasteiger partial charge < -0.3 is 15.8 Å². The van der Waals surface area contributed by atoms with E-state index < -0.39 is 0 Å². The van der Waals surface area contributed by atoms with Gasteiger partial charge in [-0.3, -0.25) is 4.98 Å². The Kier molecular flexibility index (Phi) is 4.90. The first-order valence-electron chi connectivity index (χ1n) is 4.35. The topological polar surface area (TPSA) is 60.2 Å². The predicted molar refractivity (Wildman–Crippen MR) is 52.6 cm³/mol. The van der Waals surface area contributed by atoms with E-state index in [9.17, 15) is 0 Å². The first-order valence-corrected chi connectivity index (χ1v) is 4.35. The molecule has 0 radical (unpaired) electrons. The summed E-state index contributed by atoms with van der Waals surface area (Å²) in [5.41, 5.74) is 6.33. The van der Waals surface area contributed by atoms with Gasteiger partial charge in [-0.25, -0.2) is 0 Å². The molecule has 0 aliphatic carbocycles. The molecule has 0 saturated heterocycles. The van der Waals surface area contributed by atoms with E-state index in [0.717, 1.165) is 12.2 Å². The smallest absolute Gasteiger partial charge is 0.0639 e. The van der Waals surface area contributed by atoms with Crippen LogP contribution in [-0.2, 0) is 4.74 Å². The lowest BCUT2D eigenvalue weighted by Gasteiger charge is -2.05. The molecule has 0 saturated carbocycles. The molecule has 3 N–H and O–H groups in total. The summed E-state index contributed by atoms with van der Waals surface area (Å²) in [5.74, 6) is 0. The molecule has 1 heterocycles. The third-order valence-electron chi connectivity index (χ3n) is 1.52. The number of nitrogens with zero attached hydrogens (tertiary/aromatic N) is 1. The van der Waals surface area contributed by atoms with Crippen molar-refractivity contribution in [3.05, 3.63) is 24.5 Å². The number of ether oxygens (including phenoxy) is 1. The van der Waals surface area contributed by atoms with Crippen LogP contribution in [0.2, 0.25) is 0 Å². The number of anilines is 1. The van der Waals surface area contributed by atoms with Gasteiger partial charge in [0.25, 0.3) is 0 Å². The summed E-state index contributed by atoms with van der Waals surface area (Å²) < 4.78 is 5.20. The molecular formula is C9H15N3O. The van der Waals surface area contributed by atoms with Crippen molar-refractivity contribution in [1.82, 2.24) is 4.98 Å². The van der Waals surface area contributed by atoms with E-state index in [0.29, 0.717) is 19.8 Å². The van der Waals surface area contributed by atoms with Gasteiger partial charge in [-0.15, -0.1) is 0 Å². The summed E-state index contributed by atoms with van der Waals surface area (Å²) >= 11 is 0. The number of nitrogens with two attached hydrogens (primary N) is 1. The summed E-state index contributed by atoms with van der Waals surface area (Å²) in [6.07, 6.45) is 3.51. The molecule has 0 amide bonds. The second kappa shape index (κ2) is 6.39.